The minimum Gasteiger partial charge on any atom is -0.462 e. The Morgan fingerprint density at radius 1 is 0.567 bits per heavy atom. The third-order valence-corrected chi connectivity index (χ3v) is 5.99. The van der Waals surface area contributed by atoms with E-state index in [2.05, 4.69) is 6.92 Å². The van der Waals surface area contributed by atoms with Crippen LogP contribution in [0.3, 0.4) is 0 Å². The molecule has 2 heteroatoms. The molecule has 0 spiro atoms. The second kappa shape index (κ2) is 20.9. The number of rotatable bonds is 21. The van der Waals surface area contributed by atoms with Gasteiger partial charge in [0, 0.05) is 0 Å². The molecule has 0 aliphatic rings. The molecule has 0 saturated carbocycles. The minimum absolute atomic E-state index is 0.196. The highest BCUT2D eigenvalue weighted by Crippen LogP contribution is 2.14. The van der Waals surface area contributed by atoms with Gasteiger partial charge in [0.15, 0.2) is 0 Å². The number of hydrogen-bond acceptors (Lipinski definition) is 2. The van der Waals surface area contributed by atoms with Gasteiger partial charge in [-0.1, -0.05) is 141 Å². The summed E-state index contributed by atoms with van der Waals surface area (Å²) >= 11 is 0. The highest BCUT2D eigenvalue weighted by Gasteiger charge is 2.04. The molecular formula is C28H48O2. The van der Waals surface area contributed by atoms with Crippen molar-refractivity contribution in [1.82, 2.24) is 0 Å². The summed E-state index contributed by atoms with van der Waals surface area (Å²) in [7, 11) is 0. The molecular weight excluding hydrogens is 368 g/mol. The number of benzene rings is 1. The van der Waals surface area contributed by atoms with Crippen LogP contribution in [-0.2, 0) is 4.74 Å². The van der Waals surface area contributed by atoms with Gasteiger partial charge in [0.2, 0.25) is 0 Å². The molecule has 0 fully saturated rings. The number of hydrogen-bond donors (Lipinski definition) is 0. The van der Waals surface area contributed by atoms with Crippen LogP contribution in [0.25, 0.3) is 0 Å². The fourth-order valence-corrected chi connectivity index (χ4v) is 4.00. The van der Waals surface area contributed by atoms with Crippen molar-refractivity contribution in [2.24, 2.45) is 0 Å². The summed E-state index contributed by atoms with van der Waals surface area (Å²) in [6.45, 7) is 2.84. The molecule has 0 heterocycles. The molecule has 0 atom stereocenters. The lowest BCUT2D eigenvalue weighted by Gasteiger charge is -2.05. The highest BCUT2D eigenvalue weighted by molar-refractivity contribution is 5.89. The summed E-state index contributed by atoms with van der Waals surface area (Å²) in [5, 5.41) is 0. The zero-order valence-electron chi connectivity index (χ0n) is 19.8. The third-order valence-electron chi connectivity index (χ3n) is 5.99. The third kappa shape index (κ3) is 16.5. The van der Waals surface area contributed by atoms with Crippen LogP contribution in [-0.4, -0.2) is 12.6 Å². The smallest absolute Gasteiger partial charge is 0.338 e. The molecule has 0 bridgehead atoms. The largest absolute Gasteiger partial charge is 0.462 e. The second-order valence-corrected chi connectivity index (χ2v) is 8.87. The molecule has 0 unspecified atom stereocenters. The maximum absolute atomic E-state index is 11.8. The van der Waals surface area contributed by atoms with Gasteiger partial charge in [-0.2, -0.15) is 0 Å². The average Bonchev–Trinajstić information content (AvgIpc) is 2.78. The van der Waals surface area contributed by atoms with E-state index in [0.29, 0.717) is 12.2 Å². The fourth-order valence-electron chi connectivity index (χ4n) is 4.00. The average molecular weight is 417 g/mol. The Labute approximate surface area is 187 Å². The van der Waals surface area contributed by atoms with Gasteiger partial charge >= 0.3 is 5.97 Å². The first kappa shape index (κ1) is 26.7. The first-order valence-corrected chi connectivity index (χ1v) is 13.1. The summed E-state index contributed by atoms with van der Waals surface area (Å²) in [5.41, 5.74) is 0.648. The van der Waals surface area contributed by atoms with E-state index in [1.165, 1.54) is 116 Å². The van der Waals surface area contributed by atoms with Crippen LogP contribution in [0, 0.1) is 0 Å². The number of esters is 1. The Morgan fingerprint density at radius 3 is 1.33 bits per heavy atom. The van der Waals surface area contributed by atoms with E-state index in [4.69, 9.17) is 4.74 Å². The zero-order valence-corrected chi connectivity index (χ0v) is 19.8. The van der Waals surface area contributed by atoms with Crippen LogP contribution in [0.5, 0.6) is 0 Å². The van der Waals surface area contributed by atoms with Crippen LogP contribution >= 0.6 is 0 Å². The second-order valence-electron chi connectivity index (χ2n) is 8.87. The van der Waals surface area contributed by atoms with Crippen molar-refractivity contribution in [1.29, 1.82) is 0 Å². The molecule has 0 aromatic heterocycles. The van der Waals surface area contributed by atoms with Crippen molar-refractivity contribution >= 4 is 5.97 Å². The molecule has 0 radical (unpaired) electrons. The summed E-state index contributed by atoms with van der Waals surface area (Å²) in [5.74, 6) is -0.196. The topological polar surface area (TPSA) is 26.3 Å². The highest BCUT2D eigenvalue weighted by atomic mass is 16.5. The lowest BCUT2D eigenvalue weighted by atomic mass is 10.0. The van der Waals surface area contributed by atoms with Crippen molar-refractivity contribution in [3.8, 4) is 0 Å². The molecule has 0 aliphatic carbocycles. The van der Waals surface area contributed by atoms with Gasteiger partial charge in [-0.15, -0.1) is 0 Å². The predicted molar refractivity (Wildman–Crippen MR) is 130 cm³/mol. The lowest BCUT2D eigenvalue weighted by molar-refractivity contribution is 0.0497. The first-order chi connectivity index (χ1) is 14.8. The summed E-state index contributed by atoms with van der Waals surface area (Å²) in [4.78, 5) is 11.8. The van der Waals surface area contributed by atoms with Gasteiger partial charge < -0.3 is 4.74 Å². The van der Waals surface area contributed by atoms with E-state index in [-0.39, 0.29) is 5.97 Å². The van der Waals surface area contributed by atoms with Gasteiger partial charge in [-0.05, 0) is 18.6 Å². The molecule has 1 rings (SSSR count). The molecule has 0 aliphatic heterocycles. The Kier molecular flexibility index (Phi) is 18.7. The monoisotopic (exact) mass is 416 g/mol. The van der Waals surface area contributed by atoms with Gasteiger partial charge in [0.25, 0.3) is 0 Å². The SMILES string of the molecule is CCCCCCCCCCCCCCCCCCCCCOC(=O)c1ccccc1. The van der Waals surface area contributed by atoms with Crippen molar-refractivity contribution in [3.05, 3.63) is 35.9 Å². The van der Waals surface area contributed by atoms with Gasteiger partial charge in [-0.25, -0.2) is 4.79 Å². The summed E-state index contributed by atoms with van der Waals surface area (Å²) < 4.78 is 5.32. The van der Waals surface area contributed by atoms with E-state index in [1.807, 2.05) is 18.2 Å². The predicted octanol–water partition coefficient (Wildman–Crippen LogP) is 9.28. The Bertz CT molecular complexity index is 483. The lowest BCUT2D eigenvalue weighted by Crippen LogP contribution is -2.06. The Morgan fingerprint density at radius 2 is 0.933 bits per heavy atom. The normalized spacial score (nSPS) is 11.0. The minimum atomic E-state index is -0.196. The molecule has 30 heavy (non-hydrogen) atoms. The molecule has 0 amide bonds. The number of ether oxygens (including phenoxy) is 1. The van der Waals surface area contributed by atoms with Crippen molar-refractivity contribution in [2.75, 3.05) is 6.61 Å². The van der Waals surface area contributed by atoms with Crippen molar-refractivity contribution in [2.45, 2.75) is 129 Å². The molecule has 172 valence electrons. The van der Waals surface area contributed by atoms with Gasteiger partial charge in [0.05, 0.1) is 12.2 Å². The summed E-state index contributed by atoms with van der Waals surface area (Å²) in [6.07, 6.45) is 26.1. The quantitative estimate of drug-likeness (QED) is 0.147. The zero-order chi connectivity index (χ0) is 21.5. The van der Waals surface area contributed by atoms with Gasteiger partial charge in [-0.3, -0.25) is 0 Å². The Balaban J connectivity index is 1.71. The number of carbonyl (C=O) groups excluding carboxylic acids is 1. The first-order valence-electron chi connectivity index (χ1n) is 13.1. The maximum Gasteiger partial charge on any atom is 0.338 e. The van der Waals surface area contributed by atoms with E-state index in [0.717, 1.165) is 6.42 Å². The van der Waals surface area contributed by atoms with Crippen molar-refractivity contribution in [3.63, 3.8) is 0 Å². The van der Waals surface area contributed by atoms with E-state index in [9.17, 15) is 4.79 Å². The van der Waals surface area contributed by atoms with Crippen LogP contribution in [0.1, 0.15) is 139 Å². The van der Waals surface area contributed by atoms with Gasteiger partial charge in [0.1, 0.15) is 0 Å². The van der Waals surface area contributed by atoms with E-state index in [1.54, 1.807) is 12.1 Å². The van der Waals surface area contributed by atoms with Crippen LogP contribution in [0.2, 0.25) is 0 Å². The van der Waals surface area contributed by atoms with E-state index < -0.39 is 0 Å². The summed E-state index contributed by atoms with van der Waals surface area (Å²) in [6, 6.07) is 9.26. The number of unbranched alkanes of at least 4 members (excludes halogenated alkanes) is 18. The number of carbonyl (C=O) groups is 1. The Hall–Kier alpha value is -1.31. The van der Waals surface area contributed by atoms with Crippen molar-refractivity contribution < 1.29 is 9.53 Å². The molecule has 1 aromatic carbocycles. The molecule has 0 saturated heterocycles. The molecule has 1 aromatic rings. The maximum atomic E-state index is 11.8. The standard InChI is InChI=1S/C28H48O2/c1-2-3-4-5-6-7-8-9-10-11-12-13-14-15-16-17-18-19-23-26-30-28(29)27-24-21-20-22-25-27/h20-22,24-25H,2-19,23,26H2,1H3. The molecule has 0 N–H and O–H groups in total. The fraction of sp³-hybridized carbons (Fsp3) is 0.750. The molecule has 2 nitrogen and oxygen atoms in total. The van der Waals surface area contributed by atoms with Crippen LogP contribution < -0.4 is 0 Å². The van der Waals surface area contributed by atoms with Crippen LogP contribution in [0.15, 0.2) is 30.3 Å². The van der Waals surface area contributed by atoms with E-state index >= 15 is 0 Å². The van der Waals surface area contributed by atoms with Crippen LogP contribution in [0.4, 0.5) is 0 Å².